The Morgan fingerprint density at radius 3 is 1.30 bits per heavy atom. The Hall–Kier alpha value is -0.620. The van der Waals surface area contributed by atoms with Crippen LogP contribution < -0.4 is 0 Å². The van der Waals surface area contributed by atoms with Gasteiger partial charge < -0.3 is 4.18 Å². The first kappa shape index (κ1) is 26.4. The molecule has 0 saturated carbocycles. The van der Waals surface area contributed by atoms with Crippen LogP contribution in [0.5, 0.6) is 0 Å². The molecule has 0 atom stereocenters. The van der Waals surface area contributed by atoms with Crippen molar-refractivity contribution in [3.05, 3.63) is 0 Å². The molecule has 6 heteroatoms. The standard InChI is InChI=1S/C21H42O5S/c1-3-4-5-6-7-8-9-10-11-12-13-14-15-16-17-18-19-20-21(22)26-27(23,24)25-2/h3-20H2,1-2H3. The van der Waals surface area contributed by atoms with Crippen molar-refractivity contribution in [2.75, 3.05) is 7.11 Å². The fraction of sp³-hybridized carbons (Fsp3) is 0.952. The number of unbranched alkanes of at least 4 members (excludes halogenated alkanes) is 16. The fourth-order valence-corrected chi connectivity index (χ4v) is 3.56. The van der Waals surface area contributed by atoms with E-state index in [1.807, 2.05) is 0 Å². The van der Waals surface area contributed by atoms with Gasteiger partial charge in [0.05, 0.1) is 7.11 Å². The smallest absolute Gasteiger partial charge is 0.325 e. The maximum atomic E-state index is 11.3. The van der Waals surface area contributed by atoms with Crippen molar-refractivity contribution in [1.82, 2.24) is 0 Å². The molecule has 0 rings (SSSR count). The lowest BCUT2D eigenvalue weighted by molar-refractivity contribution is -0.134. The molecule has 0 spiro atoms. The van der Waals surface area contributed by atoms with Crippen LogP contribution >= 0.6 is 0 Å². The Morgan fingerprint density at radius 2 is 0.963 bits per heavy atom. The van der Waals surface area contributed by atoms with Crippen LogP contribution in [0.15, 0.2) is 0 Å². The Kier molecular flexibility index (Phi) is 18.3. The van der Waals surface area contributed by atoms with E-state index in [9.17, 15) is 13.2 Å². The lowest BCUT2D eigenvalue weighted by Crippen LogP contribution is -2.13. The Labute approximate surface area is 167 Å². The summed E-state index contributed by atoms with van der Waals surface area (Å²) in [4.78, 5) is 11.3. The molecular formula is C21H42O5S. The third kappa shape index (κ3) is 19.9. The van der Waals surface area contributed by atoms with Gasteiger partial charge in [-0.2, -0.15) is 8.42 Å². The van der Waals surface area contributed by atoms with Gasteiger partial charge in [-0.1, -0.05) is 110 Å². The van der Waals surface area contributed by atoms with Crippen LogP contribution in [-0.4, -0.2) is 21.5 Å². The Morgan fingerprint density at radius 1 is 0.630 bits per heavy atom. The van der Waals surface area contributed by atoms with Gasteiger partial charge in [0.15, 0.2) is 0 Å². The third-order valence-corrected chi connectivity index (χ3v) is 5.68. The zero-order chi connectivity index (χ0) is 20.2. The van der Waals surface area contributed by atoms with Gasteiger partial charge in [0.25, 0.3) is 0 Å². The minimum absolute atomic E-state index is 0.126. The first-order valence-corrected chi connectivity index (χ1v) is 12.4. The molecule has 0 fully saturated rings. The predicted octanol–water partition coefficient (Wildman–Crippen LogP) is 6.46. The summed E-state index contributed by atoms with van der Waals surface area (Å²) in [6, 6.07) is 0. The second kappa shape index (κ2) is 18.7. The highest BCUT2D eigenvalue weighted by molar-refractivity contribution is 7.82. The summed E-state index contributed by atoms with van der Waals surface area (Å²) >= 11 is 0. The van der Waals surface area contributed by atoms with E-state index in [2.05, 4.69) is 15.3 Å². The summed E-state index contributed by atoms with van der Waals surface area (Å²) in [7, 11) is -3.17. The number of hydrogen-bond acceptors (Lipinski definition) is 5. The average molecular weight is 407 g/mol. The number of carbonyl (C=O) groups is 1. The average Bonchev–Trinajstić information content (AvgIpc) is 2.64. The second-order valence-electron chi connectivity index (χ2n) is 7.44. The van der Waals surface area contributed by atoms with Crippen molar-refractivity contribution in [3.63, 3.8) is 0 Å². The number of rotatable bonds is 20. The summed E-state index contributed by atoms with van der Waals surface area (Å²) in [5.74, 6) is -0.738. The first-order chi connectivity index (χ1) is 13.0. The lowest BCUT2D eigenvalue weighted by atomic mass is 10.0. The fourth-order valence-electron chi connectivity index (χ4n) is 3.18. The molecule has 0 bridgehead atoms. The highest BCUT2D eigenvalue weighted by Crippen LogP contribution is 2.14. The van der Waals surface area contributed by atoms with Crippen molar-refractivity contribution in [1.29, 1.82) is 0 Å². The maximum Gasteiger partial charge on any atom is 0.451 e. The molecule has 0 aliphatic rings. The predicted molar refractivity (Wildman–Crippen MR) is 111 cm³/mol. The quantitative estimate of drug-likeness (QED) is 0.217. The number of hydrogen-bond donors (Lipinski definition) is 0. The summed E-state index contributed by atoms with van der Waals surface area (Å²) in [5.41, 5.74) is 0. The summed E-state index contributed by atoms with van der Waals surface area (Å²) in [6.07, 6.45) is 21.8. The second-order valence-corrected chi connectivity index (χ2v) is 8.75. The van der Waals surface area contributed by atoms with E-state index >= 15 is 0 Å². The minimum Gasteiger partial charge on any atom is -0.325 e. The van der Waals surface area contributed by atoms with E-state index in [0.29, 0.717) is 6.42 Å². The SMILES string of the molecule is CCCCCCCCCCCCCCCCCCCC(=O)OS(=O)(=O)OC. The molecule has 0 radical (unpaired) electrons. The summed E-state index contributed by atoms with van der Waals surface area (Å²) in [5, 5.41) is 0. The summed E-state index contributed by atoms with van der Waals surface area (Å²) in [6.45, 7) is 2.26. The van der Waals surface area contributed by atoms with Gasteiger partial charge in [0.1, 0.15) is 0 Å². The van der Waals surface area contributed by atoms with Gasteiger partial charge in [0.2, 0.25) is 0 Å². The van der Waals surface area contributed by atoms with Crippen molar-refractivity contribution in [2.45, 2.75) is 122 Å². The maximum absolute atomic E-state index is 11.3. The van der Waals surface area contributed by atoms with Gasteiger partial charge in [-0.05, 0) is 6.42 Å². The minimum atomic E-state index is -4.14. The van der Waals surface area contributed by atoms with E-state index in [1.54, 1.807) is 0 Å². The molecule has 0 amide bonds. The summed E-state index contributed by atoms with van der Waals surface area (Å²) < 4.78 is 30.2. The molecular weight excluding hydrogens is 364 g/mol. The van der Waals surface area contributed by atoms with Crippen LogP contribution in [0.2, 0.25) is 0 Å². The monoisotopic (exact) mass is 406 g/mol. The van der Waals surface area contributed by atoms with Crippen LogP contribution in [0.1, 0.15) is 122 Å². The molecule has 0 aromatic heterocycles. The van der Waals surface area contributed by atoms with E-state index in [4.69, 9.17) is 0 Å². The van der Waals surface area contributed by atoms with Gasteiger partial charge in [-0.3, -0.25) is 4.79 Å². The molecule has 5 nitrogen and oxygen atoms in total. The molecule has 0 aromatic rings. The molecule has 0 aliphatic heterocycles. The van der Waals surface area contributed by atoms with Crippen molar-refractivity contribution < 1.29 is 21.6 Å². The van der Waals surface area contributed by atoms with Gasteiger partial charge in [0, 0.05) is 6.42 Å². The van der Waals surface area contributed by atoms with Crippen LogP contribution in [0.25, 0.3) is 0 Å². The molecule has 27 heavy (non-hydrogen) atoms. The van der Waals surface area contributed by atoms with Crippen LogP contribution in [0.3, 0.4) is 0 Å². The zero-order valence-corrected chi connectivity index (χ0v) is 18.5. The molecule has 0 saturated heterocycles. The third-order valence-electron chi connectivity index (χ3n) is 4.88. The van der Waals surface area contributed by atoms with Crippen LogP contribution in [0.4, 0.5) is 0 Å². The normalized spacial score (nSPS) is 11.6. The van der Waals surface area contributed by atoms with Gasteiger partial charge >= 0.3 is 16.4 Å². The van der Waals surface area contributed by atoms with Crippen molar-refractivity contribution in [3.8, 4) is 0 Å². The first-order valence-electron chi connectivity index (χ1n) is 11.0. The number of carbonyl (C=O) groups excluding carboxylic acids is 1. The highest BCUT2D eigenvalue weighted by Gasteiger charge is 2.15. The largest absolute Gasteiger partial charge is 0.451 e. The zero-order valence-electron chi connectivity index (χ0n) is 17.7. The van der Waals surface area contributed by atoms with Gasteiger partial charge in [-0.25, -0.2) is 4.18 Å². The molecule has 0 N–H and O–H groups in total. The molecule has 0 unspecified atom stereocenters. The van der Waals surface area contributed by atoms with Gasteiger partial charge in [-0.15, -0.1) is 0 Å². The Balaban J connectivity index is 3.20. The molecule has 162 valence electrons. The highest BCUT2D eigenvalue weighted by atomic mass is 32.3. The lowest BCUT2D eigenvalue weighted by Gasteiger charge is -2.04. The molecule has 0 heterocycles. The van der Waals surface area contributed by atoms with Crippen molar-refractivity contribution >= 4 is 16.4 Å². The molecule has 0 aliphatic carbocycles. The van der Waals surface area contributed by atoms with E-state index in [0.717, 1.165) is 20.0 Å². The van der Waals surface area contributed by atoms with Crippen LogP contribution in [0, 0.1) is 0 Å². The van der Waals surface area contributed by atoms with Crippen molar-refractivity contribution in [2.24, 2.45) is 0 Å². The topological polar surface area (TPSA) is 69.7 Å². The van der Waals surface area contributed by atoms with E-state index < -0.39 is 16.4 Å². The van der Waals surface area contributed by atoms with Crippen LogP contribution in [-0.2, 0) is 23.6 Å². The Bertz CT molecular complexity index is 434. The molecule has 0 aromatic carbocycles. The van der Waals surface area contributed by atoms with E-state index in [1.165, 1.54) is 89.9 Å². The van der Waals surface area contributed by atoms with E-state index in [-0.39, 0.29) is 6.42 Å².